The molecule has 0 saturated carbocycles. The molecule has 3 aromatic carbocycles. The Kier molecular flexibility index (Phi) is 6.61. The standard InChI is InChI=1S/C25H23ClF2N2O2/c1-3-19(25-29-22-9-7-18(31-4-2)13-23(22)30-25)15-5-10-24(20(26)12-15)32-14-16-11-17(27)6-8-21(16)28/h5-13,19H,3-4,14H2,1-2H3,(H,29,30). The van der Waals surface area contributed by atoms with Crippen LogP contribution in [-0.4, -0.2) is 16.6 Å². The van der Waals surface area contributed by atoms with Crippen LogP contribution in [0.5, 0.6) is 11.5 Å². The van der Waals surface area contributed by atoms with Gasteiger partial charge in [0.05, 0.1) is 22.7 Å². The summed E-state index contributed by atoms with van der Waals surface area (Å²) < 4.78 is 38.4. The molecule has 1 N–H and O–H groups in total. The van der Waals surface area contributed by atoms with Crippen molar-refractivity contribution in [2.45, 2.75) is 32.8 Å². The van der Waals surface area contributed by atoms with E-state index in [1.54, 1.807) is 6.07 Å². The molecule has 0 amide bonds. The highest BCUT2D eigenvalue weighted by Crippen LogP contribution is 2.34. The second-order valence-corrected chi connectivity index (χ2v) is 7.82. The highest BCUT2D eigenvalue weighted by molar-refractivity contribution is 6.32. The highest BCUT2D eigenvalue weighted by Gasteiger charge is 2.18. The molecule has 4 nitrogen and oxygen atoms in total. The molecule has 1 heterocycles. The lowest BCUT2D eigenvalue weighted by atomic mass is 9.96. The van der Waals surface area contributed by atoms with E-state index in [0.29, 0.717) is 17.4 Å². The predicted molar refractivity (Wildman–Crippen MR) is 122 cm³/mol. The van der Waals surface area contributed by atoms with Crippen molar-refractivity contribution in [1.82, 2.24) is 9.97 Å². The Balaban J connectivity index is 1.55. The molecular weight excluding hydrogens is 434 g/mol. The molecule has 7 heteroatoms. The molecule has 0 aliphatic rings. The van der Waals surface area contributed by atoms with Gasteiger partial charge in [-0.2, -0.15) is 0 Å². The van der Waals surface area contributed by atoms with Gasteiger partial charge in [-0.1, -0.05) is 24.6 Å². The second-order valence-electron chi connectivity index (χ2n) is 7.41. The van der Waals surface area contributed by atoms with Crippen molar-refractivity contribution in [1.29, 1.82) is 0 Å². The molecule has 0 spiro atoms. The number of fused-ring (bicyclic) bond motifs is 1. The van der Waals surface area contributed by atoms with Crippen LogP contribution in [0.25, 0.3) is 11.0 Å². The normalized spacial score (nSPS) is 12.2. The quantitative estimate of drug-likeness (QED) is 0.310. The first-order valence-electron chi connectivity index (χ1n) is 10.5. The van der Waals surface area contributed by atoms with Crippen molar-refractivity contribution in [3.05, 3.63) is 88.2 Å². The number of H-pyrrole nitrogens is 1. The van der Waals surface area contributed by atoms with Gasteiger partial charge in [0, 0.05) is 17.5 Å². The minimum absolute atomic E-state index is 0.00478. The highest BCUT2D eigenvalue weighted by atomic mass is 35.5. The first-order chi connectivity index (χ1) is 15.5. The van der Waals surface area contributed by atoms with Crippen LogP contribution >= 0.6 is 11.6 Å². The van der Waals surface area contributed by atoms with Crippen molar-refractivity contribution >= 4 is 22.6 Å². The minimum atomic E-state index is -0.525. The number of halogens is 3. The molecule has 1 aromatic heterocycles. The van der Waals surface area contributed by atoms with E-state index in [-0.39, 0.29) is 18.1 Å². The fraction of sp³-hybridized carbons (Fsp3) is 0.240. The maximum Gasteiger partial charge on any atom is 0.138 e. The predicted octanol–water partition coefficient (Wildman–Crippen LogP) is 7.01. The smallest absolute Gasteiger partial charge is 0.138 e. The van der Waals surface area contributed by atoms with E-state index in [4.69, 9.17) is 26.1 Å². The first kappa shape index (κ1) is 22.1. The molecule has 0 bridgehead atoms. The summed E-state index contributed by atoms with van der Waals surface area (Å²) in [5, 5.41) is 0.396. The zero-order valence-corrected chi connectivity index (χ0v) is 18.5. The van der Waals surface area contributed by atoms with Gasteiger partial charge in [0.1, 0.15) is 35.6 Å². The van der Waals surface area contributed by atoms with E-state index in [0.717, 1.165) is 52.8 Å². The third-order valence-electron chi connectivity index (χ3n) is 5.27. The summed E-state index contributed by atoms with van der Waals surface area (Å²) in [6.07, 6.45) is 0.809. The lowest BCUT2D eigenvalue weighted by Crippen LogP contribution is -2.03. The molecular formula is C25H23ClF2N2O2. The summed E-state index contributed by atoms with van der Waals surface area (Å²) in [6, 6.07) is 14.5. The average molecular weight is 457 g/mol. The van der Waals surface area contributed by atoms with Crippen LogP contribution in [0, 0.1) is 11.6 Å². The lowest BCUT2D eigenvalue weighted by molar-refractivity contribution is 0.299. The van der Waals surface area contributed by atoms with Crippen LogP contribution in [0.3, 0.4) is 0 Å². The molecule has 32 heavy (non-hydrogen) atoms. The number of hydrogen-bond donors (Lipinski definition) is 1. The zero-order valence-electron chi connectivity index (χ0n) is 17.8. The fourth-order valence-corrected chi connectivity index (χ4v) is 3.92. The monoisotopic (exact) mass is 456 g/mol. The number of hydrogen-bond acceptors (Lipinski definition) is 3. The Bertz CT molecular complexity index is 1240. The van der Waals surface area contributed by atoms with Crippen molar-refractivity contribution in [3.8, 4) is 11.5 Å². The van der Waals surface area contributed by atoms with Crippen molar-refractivity contribution in [2.75, 3.05) is 6.61 Å². The molecule has 1 atom stereocenters. The van der Waals surface area contributed by atoms with Gasteiger partial charge in [0.15, 0.2) is 0 Å². The van der Waals surface area contributed by atoms with Gasteiger partial charge in [0.25, 0.3) is 0 Å². The van der Waals surface area contributed by atoms with E-state index in [2.05, 4.69) is 11.9 Å². The van der Waals surface area contributed by atoms with E-state index in [1.165, 1.54) is 0 Å². The van der Waals surface area contributed by atoms with Gasteiger partial charge in [-0.05, 0) is 61.4 Å². The van der Waals surface area contributed by atoms with Crippen LogP contribution in [0.15, 0.2) is 54.6 Å². The number of benzene rings is 3. The van der Waals surface area contributed by atoms with Crippen molar-refractivity contribution in [3.63, 3.8) is 0 Å². The minimum Gasteiger partial charge on any atom is -0.494 e. The fourth-order valence-electron chi connectivity index (χ4n) is 3.68. The van der Waals surface area contributed by atoms with Crippen LogP contribution in [0.4, 0.5) is 8.78 Å². The Morgan fingerprint density at radius 3 is 2.59 bits per heavy atom. The zero-order chi connectivity index (χ0) is 22.7. The molecule has 166 valence electrons. The van der Waals surface area contributed by atoms with Crippen molar-refractivity contribution < 1.29 is 18.3 Å². The first-order valence-corrected chi connectivity index (χ1v) is 10.8. The number of aromatic nitrogens is 2. The van der Waals surface area contributed by atoms with Crippen molar-refractivity contribution in [2.24, 2.45) is 0 Å². The number of aromatic amines is 1. The number of rotatable bonds is 8. The Hall–Kier alpha value is -3.12. The maximum absolute atomic E-state index is 13.8. The van der Waals surface area contributed by atoms with E-state index >= 15 is 0 Å². The molecule has 4 rings (SSSR count). The van der Waals surface area contributed by atoms with Gasteiger partial charge >= 0.3 is 0 Å². The number of nitrogens with zero attached hydrogens (tertiary/aromatic N) is 1. The van der Waals surface area contributed by atoms with Crippen LogP contribution in [0.2, 0.25) is 5.02 Å². The van der Waals surface area contributed by atoms with E-state index < -0.39 is 11.6 Å². The Morgan fingerprint density at radius 2 is 1.84 bits per heavy atom. The summed E-state index contributed by atoms with van der Waals surface area (Å²) in [4.78, 5) is 8.14. The van der Waals surface area contributed by atoms with Gasteiger partial charge < -0.3 is 14.5 Å². The average Bonchev–Trinajstić information content (AvgIpc) is 3.19. The Labute approximate surface area is 190 Å². The molecule has 0 saturated heterocycles. The molecule has 4 aromatic rings. The van der Waals surface area contributed by atoms with Crippen LogP contribution in [-0.2, 0) is 6.61 Å². The molecule has 0 fully saturated rings. The third-order valence-corrected chi connectivity index (χ3v) is 5.57. The number of ether oxygens (including phenoxy) is 2. The summed E-state index contributed by atoms with van der Waals surface area (Å²) in [6.45, 7) is 4.50. The molecule has 0 aliphatic carbocycles. The summed E-state index contributed by atoms with van der Waals surface area (Å²) in [5.41, 5.74) is 2.88. The van der Waals surface area contributed by atoms with Crippen LogP contribution in [0.1, 0.15) is 43.1 Å². The second kappa shape index (κ2) is 9.57. The summed E-state index contributed by atoms with van der Waals surface area (Å²) in [5.74, 6) is 0.995. The lowest BCUT2D eigenvalue weighted by Gasteiger charge is -2.15. The topological polar surface area (TPSA) is 47.1 Å². The largest absolute Gasteiger partial charge is 0.494 e. The van der Waals surface area contributed by atoms with Gasteiger partial charge in [-0.25, -0.2) is 13.8 Å². The summed E-state index contributed by atoms with van der Waals surface area (Å²) in [7, 11) is 0. The number of imidazole rings is 1. The van der Waals surface area contributed by atoms with Gasteiger partial charge in [0.2, 0.25) is 0 Å². The number of nitrogens with one attached hydrogen (secondary N) is 1. The van der Waals surface area contributed by atoms with Gasteiger partial charge in [-0.3, -0.25) is 0 Å². The maximum atomic E-state index is 13.8. The molecule has 1 unspecified atom stereocenters. The SMILES string of the molecule is CCOc1ccc2nc(C(CC)c3ccc(OCc4cc(F)ccc4F)c(Cl)c3)[nH]c2c1. The van der Waals surface area contributed by atoms with Gasteiger partial charge in [-0.15, -0.1) is 0 Å². The Morgan fingerprint density at radius 1 is 1.00 bits per heavy atom. The van der Waals surface area contributed by atoms with Crippen LogP contribution < -0.4 is 9.47 Å². The van der Waals surface area contributed by atoms with E-state index in [1.807, 2.05) is 37.3 Å². The third kappa shape index (κ3) is 4.70. The summed E-state index contributed by atoms with van der Waals surface area (Å²) >= 11 is 6.45. The molecule has 0 aliphatic heterocycles. The molecule has 0 radical (unpaired) electrons. The van der Waals surface area contributed by atoms with E-state index in [9.17, 15) is 8.78 Å².